The first kappa shape index (κ1) is 12.1. The van der Waals surface area contributed by atoms with Crippen LogP contribution in [-0.4, -0.2) is 24.2 Å². The fraction of sp³-hybridized carbons (Fsp3) is 0.500. The zero-order valence-corrected chi connectivity index (χ0v) is 10.4. The van der Waals surface area contributed by atoms with Crippen molar-refractivity contribution in [3.05, 3.63) is 35.4 Å². The van der Waals surface area contributed by atoms with Gasteiger partial charge in [-0.3, -0.25) is 4.79 Å². The summed E-state index contributed by atoms with van der Waals surface area (Å²) in [5.41, 5.74) is 2.11. The van der Waals surface area contributed by atoms with Crippen LogP contribution in [0.2, 0.25) is 0 Å². The maximum atomic E-state index is 11.3. The monoisotopic (exact) mass is 233 g/mol. The van der Waals surface area contributed by atoms with Gasteiger partial charge in [-0.25, -0.2) is 0 Å². The lowest BCUT2D eigenvalue weighted by Crippen LogP contribution is -2.36. The highest BCUT2D eigenvalue weighted by molar-refractivity contribution is 5.73. The van der Waals surface area contributed by atoms with Gasteiger partial charge in [0.25, 0.3) is 0 Å². The Kier molecular flexibility index (Phi) is 3.20. The second kappa shape index (κ2) is 4.49. The Labute approximate surface area is 102 Å². The summed E-state index contributed by atoms with van der Waals surface area (Å²) >= 11 is 0. The smallest absolute Gasteiger partial charge is 0.308 e. The summed E-state index contributed by atoms with van der Waals surface area (Å²) in [5, 5.41) is 12.5. The second-order valence-corrected chi connectivity index (χ2v) is 4.99. The standard InChI is InChI=1S/C14H19NO2/c1-3-10-4-6-11(7-5-10)14(2)9-15-8-12(14)13(16)17/h4-7,12,15H,3,8-9H2,1-2H3,(H,16,17). The van der Waals surface area contributed by atoms with Crippen LogP contribution < -0.4 is 5.32 Å². The molecular weight excluding hydrogens is 214 g/mol. The maximum absolute atomic E-state index is 11.3. The number of carboxylic acid groups (broad SMARTS) is 1. The lowest BCUT2D eigenvalue weighted by atomic mass is 9.74. The molecule has 92 valence electrons. The average molecular weight is 233 g/mol. The molecule has 1 aromatic rings. The van der Waals surface area contributed by atoms with Crippen molar-refractivity contribution in [1.82, 2.24) is 5.32 Å². The van der Waals surface area contributed by atoms with Gasteiger partial charge in [-0.2, -0.15) is 0 Å². The zero-order chi connectivity index (χ0) is 12.5. The summed E-state index contributed by atoms with van der Waals surface area (Å²) in [5.74, 6) is -1.05. The van der Waals surface area contributed by atoms with E-state index in [1.165, 1.54) is 5.56 Å². The van der Waals surface area contributed by atoms with Crippen molar-refractivity contribution in [2.75, 3.05) is 13.1 Å². The van der Waals surface area contributed by atoms with E-state index in [0.717, 1.165) is 18.5 Å². The summed E-state index contributed by atoms with van der Waals surface area (Å²) in [6.45, 7) is 5.44. The third kappa shape index (κ3) is 2.07. The molecule has 2 N–H and O–H groups in total. The molecule has 1 aromatic carbocycles. The average Bonchev–Trinajstić information content (AvgIpc) is 2.73. The number of aryl methyl sites for hydroxylation is 1. The largest absolute Gasteiger partial charge is 0.481 e. The topological polar surface area (TPSA) is 49.3 Å². The van der Waals surface area contributed by atoms with Crippen LogP contribution in [0.15, 0.2) is 24.3 Å². The fourth-order valence-electron chi connectivity index (χ4n) is 2.61. The molecule has 0 saturated carbocycles. The first-order valence-electron chi connectivity index (χ1n) is 6.11. The predicted octanol–water partition coefficient (Wildman–Crippen LogP) is 1.81. The minimum Gasteiger partial charge on any atom is -0.481 e. The van der Waals surface area contributed by atoms with E-state index >= 15 is 0 Å². The van der Waals surface area contributed by atoms with E-state index in [0.29, 0.717) is 6.54 Å². The van der Waals surface area contributed by atoms with Gasteiger partial charge >= 0.3 is 5.97 Å². The van der Waals surface area contributed by atoms with Gasteiger partial charge in [0.05, 0.1) is 5.92 Å². The first-order chi connectivity index (χ1) is 8.08. The molecule has 1 fully saturated rings. The van der Waals surface area contributed by atoms with Crippen LogP contribution >= 0.6 is 0 Å². The lowest BCUT2D eigenvalue weighted by molar-refractivity contribution is -0.142. The van der Waals surface area contributed by atoms with Gasteiger partial charge in [-0.05, 0) is 17.5 Å². The normalized spacial score (nSPS) is 28.2. The summed E-state index contributed by atoms with van der Waals surface area (Å²) in [6.07, 6.45) is 1.01. The number of hydrogen-bond donors (Lipinski definition) is 2. The van der Waals surface area contributed by atoms with Gasteiger partial charge in [0.15, 0.2) is 0 Å². The SMILES string of the molecule is CCc1ccc(C2(C)CNCC2C(=O)O)cc1. The van der Waals surface area contributed by atoms with Crippen molar-refractivity contribution in [3.8, 4) is 0 Å². The number of rotatable bonds is 3. The molecule has 1 heterocycles. The minimum atomic E-state index is -0.711. The zero-order valence-electron chi connectivity index (χ0n) is 10.4. The van der Waals surface area contributed by atoms with Crippen LogP contribution in [0.1, 0.15) is 25.0 Å². The van der Waals surface area contributed by atoms with Gasteiger partial charge in [0.2, 0.25) is 0 Å². The molecule has 0 aliphatic carbocycles. The fourth-order valence-corrected chi connectivity index (χ4v) is 2.61. The molecule has 1 saturated heterocycles. The van der Waals surface area contributed by atoms with Gasteiger partial charge in [0.1, 0.15) is 0 Å². The molecule has 0 amide bonds. The van der Waals surface area contributed by atoms with Crippen LogP contribution in [0, 0.1) is 5.92 Å². The van der Waals surface area contributed by atoms with Crippen molar-refractivity contribution in [3.63, 3.8) is 0 Å². The first-order valence-corrected chi connectivity index (χ1v) is 6.11. The van der Waals surface area contributed by atoms with E-state index in [1.54, 1.807) is 0 Å². The summed E-state index contributed by atoms with van der Waals surface area (Å²) in [7, 11) is 0. The van der Waals surface area contributed by atoms with Gasteiger partial charge in [-0.1, -0.05) is 38.1 Å². The molecule has 2 unspecified atom stereocenters. The molecule has 0 bridgehead atoms. The van der Waals surface area contributed by atoms with Crippen molar-refractivity contribution < 1.29 is 9.90 Å². The van der Waals surface area contributed by atoms with E-state index in [9.17, 15) is 9.90 Å². The third-order valence-corrected chi connectivity index (χ3v) is 3.93. The highest BCUT2D eigenvalue weighted by Gasteiger charge is 2.44. The molecule has 0 radical (unpaired) electrons. The molecular formula is C14H19NO2. The third-order valence-electron chi connectivity index (χ3n) is 3.93. The van der Waals surface area contributed by atoms with E-state index < -0.39 is 5.97 Å². The van der Waals surface area contributed by atoms with E-state index in [2.05, 4.69) is 36.5 Å². The van der Waals surface area contributed by atoms with Crippen molar-refractivity contribution in [2.45, 2.75) is 25.7 Å². The van der Waals surface area contributed by atoms with Crippen LogP contribution in [0.5, 0.6) is 0 Å². The lowest BCUT2D eigenvalue weighted by Gasteiger charge is -2.28. The Morgan fingerprint density at radius 1 is 1.47 bits per heavy atom. The predicted molar refractivity (Wildman–Crippen MR) is 67.2 cm³/mol. The molecule has 3 nitrogen and oxygen atoms in total. The summed E-state index contributed by atoms with van der Waals surface area (Å²) in [6, 6.07) is 8.33. The van der Waals surface area contributed by atoms with Crippen molar-refractivity contribution in [2.24, 2.45) is 5.92 Å². The Bertz CT molecular complexity index is 413. The van der Waals surface area contributed by atoms with E-state index in [4.69, 9.17) is 0 Å². The van der Waals surface area contributed by atoms with Crippen molar-refractivity contribution >= 4 is 5.97 Å². The Balaban J connectivity index is 2.33. The molecule has 1 aliphatic rings. The van der Waals surface area contributed by atoms with Crippen LogP contribution in [0.3, 0.4) is 0 Å². The minimum absolute atomic E-state index is 0.294. The highest BCUT2D eigenvalue weighted by atomic mass is 16.4. The number of aliphatic carboxylic acids is 1. The maximum Gasteiger partial charge on any atom is 0.308 e. The number of nitrogens with one attached hydrogen (secondary N) is 1. The van der Waals surface area contributed by atoms with Gasteiger partial charge < -0.3 is 10.4 Å². The number of hydrogen-bond acceptors (Lipinski definition) is 2. The van der Waals surface area contributed by atoms with Crippen LogP contribution in [-0.2, 0) is 16.6 Å². The van der Waals surface area contributed by atoms with Crippen LogP contribution in [0.4, 0.5) is 0 Å². The number of carbonyl (C=O) groups is 1. The van der Waals surface area contributed by atoms with E-state index in [-0.39, 0.29) is 11.3 Å². The highest BCUT2D eigenvalue weighted by Crippen LogP contribution is 2.35. The molecule has 3 heteroatoms. The second-order valence-electron chi connectivity index (χ2n) is 4.99. The number of benzene rings is 1. The van der Waals surface area contributed by atoms with Crippen molar-refractivity contribution in [1.29, 1.82) is 0 Å². The Morgan fingerprint density at radius 2 is 2.12 bits per heavy atom. The molecule has 2 atom stereocenters. The van der Waals surface area contributed by atoms with Gasteiger partial charge in [0, 0.05) is 18.5 Å². The Morgan fingerprint density at radius 3 is 2.65 bits per heavy atom. The molecule has 0 aromatic heterocycles. The quantitative estimate of drug-likeness (QED) is 0.837. The Hall–Kier alpha value is -1.35. The molecule has 0 spiro atoms. The number of carboxylic acids is 1. The van der Waals surface area contributed by atoms with E-state index in [1.807, 2.05) is 6.92 Å². The summed E-state index contributed by atoms with van der Waals surface area (Å²) < 4.78 is 0. The summed E-state index contributed by atoms with van der Waals surface area (Å²) in [4.78, 5) is 11.3. The van der Waals surface area contributed by atoms with Crippen LogP contribution in [0.25, 0.3) is 0 Å². The molecule has 2 rings (SSSR count). The van der Waals surface area contributed by atoms with Gasteiger partial charge in [-0.15, -0.1) is 0 Å². The molecule has 1 aliphatic heterocycles. The molecule has 17 heavy (non-hydrogen) atoms.